The van der Waals surface area contributed by atoms with Gasteiger partial charge in [0.25, 0.3) is 11.6 Å². The molecule has 0 unspecified atom stereocenters. The zero-order valence-electron chi connectivity index (χ0n) is 12.2. The van der Waals surface area contributed by atoms with Crippen molar-refractivity contribution in [1.29, 1.82) is 0 Å². The van der Waals surface area contributed by atoms with Gasteiger partial charge in [-0.25, -0.2) is 9.82 Å². The molecule has 1 amide bonds. The van der Waals surface area contributed by atoms with Gasteiger partial charge in [0, 0.05) is 17.3 Å². The lowest BCUT2D eigenvalue weighted by Crippen LogP contribution is -2.25. The molecule has 0 heterocycles. The van der Waals surface area contributed by atoms with Gasteiger partial charge in [0.15, 0.2) is 0 Å². The molecule has 124 valence electrons. The summed E-state index contributed by atoms with van der Waals surface area (Å²) in [5.74, 6) is -0.800. The summed E-state index contributed by atoms with van der Waals surface area (Å²) in [6.07, 6.45) is 1.26. The predicted molar refractivity (Wildman–Crippen MR) is 88.7 cm³/mol. The molecule has 2 aromatic carbocycles. The zero-order valence-corrected chi connectivity index (χ0v) is 13.0. The molecule has 2 N–H and O–H groups in total. The van der Waals surface area contributed by atoms with Gasteiger partial charge in [-0.2, -0.15) is 5.10 Å². The number of carbonyl (C=O) groups is 1. The number of nitro groups is 1. The van der Waals surface area contributed by atoms with Gasteiger partial charge in [0.1, 0.15) is 10.8 Å². The molecule has 2 aromatic rings. The number of hydrazone groups is 1. The maximum atomic E-state index is 12.7. The molecule has 0 aromatic heterocycles. The Hall–Kier alpha value is -3.00. The van der Waals surface area contributed by atoms with E-state index in [1.807, 2.05) is 0 Å². The second kappa shape index (κ2) is 8.02. The van der Waals surface area contributed by atoms with Crippen molar-refractivity contribution in [2.24, 2.45) is 5.10 Å². The Morgan fingerprint density at radius 3 is 2.67 bits per heavy atom. The number of amides is 1. The third kappa shape index (κ3) is 5.03. The highest BCUT2D eigenvalue weighted by Gasteiger charge is 2.11. The van der Waals surface area contributed by atoms with E-state index in [0.717, 1.165) is 0 Å². The molecule has 0 spiro atoms. The monoisotopic (exact) mass is 350 g/mol. The zero-order chi connectivity index (χ0) is 17.5. The Balaban J connectivity index is 1.87. The molecule has 0 saturated heterocycles. The first-order valence-corrected chi connectivity index (χ1v) is 7.09. The molecule has 24 heavy (non-hydrogen) atoms. The highest BCUT2D eigenvalue weighted by Crippen LogP contribution is 2.24. The van der Waals surface area contributed by atoms with Crippen LogP contribution in [0.4, 0.5) is 15.8 Å². The summed E-state index contributed by atoms with van der Waals surface area (Å²) in [7, 11) is 0. The highest BCUT2D eigenvalue weighted by atomic mass is 35.5. The fourth-order valence-corrected chi connectivity index (χ4v) is 1.90. The smallest absolute Gasteiger partial charge is 0.288 e. The average Bonchev–Trinajstić information content (AvgIpc) is 2.55. The first-order chi connectivity index (χ1) is 11.5. The summed E-state index contributed by atoms with van der Waals surface area (Å²) in [6, 6.07) is 9.69. The van der Waals surface area contributed by atoms with Crippen LogP contribution in [0.5, 0.6) is 0 Å². The summed E-state index contributed by atoms with van der Waals surface area (Å²) < 4.78 is 12.7. The lowest BCUT2D eigenvalue weighted by atomic mass is 10.2. The van der Waals surface area contributed by atoms with Crippen LogP contribution >= 0.6 is 11.6 Å². The first kappa shape index (κ1) is 17.4. The normalized spacial score (nSPS) is 10.6. The molecule has 9 heteroatoms. The molecule has 7 nitrogen and oxygen atoms in total. The van der Waals surface area contributed by atoms with E-state index in [0.29, 0.717) is 11.3 Å². The minimum Gasteiger partial charge on any atom is -0.376 e. The van der Waals surface area contributed by atoms with Gasteiger partial charge in [0.2, 0.25) is 0 Å². The van der Waals surface area contributed by atoms with Crippen LogP contribution in [0.25, 0.3) is 0 Å². The molecule has 0 atom stereocenters. The second-order valence-corrected chi connectivity index (χ2v) is 5.03. The topological polar surface area (TPSA) is 96.6 Å². The third-order valence-electron chi connectivity index (χ3n) is 2.87. The van der Waals surface area contributed by atoms with E-state index in [1.165, 1.54) is 48.7 Å². The van der Waals surface area contributed by atoms with Crippen LogP contribution in [0.1, 0.15) is 5.56 Å². The highest BCUT2D eigenvalue weighted by molar-refractivity contribution is 6.32. The van der Waals surface area contributed by atoms with Gasteiger partial charge >= 0.3 is 0 Å². The van der Waals surface area contributed by atoms with Gasteiger partial charge in [-0.1, -0.05) is 17.7 Å². The van der Waals surface area contributed by atoms with E-state index >= 15 is 0 Å². The number of hydrogen-bond acceptors (Lipinski definition) is 5. The quantitative estimate of drug-likeness (QED) is 0.475. The van der Waals surface area contributed by atoms with Crippen LogP contribution in [-0.4, -0.2) is 23.6 Å². The lowest BCUT2D eigenvalue weighted by molar-refractivity contribution is -0.384. The molecule has 0 aliphatic carbocycles. The number of anilines is 1. The molecule has 0 saturated carbocycles. The van der Waals surface area contributed by atoms with Gasteiger partial charge in [-0.3, -0.25) is 14.9 Å². The number of nitrogens with zero attached hydrogens (tertiary/aromatic N) is 2. The summed E-state index contributed by atoms with van der Waals surface area (Å²) in [5, 5.41) is 17.3. The maximum absolute atomic E-state index is 12.7. The number of rotatable bonds is 6. The summed E-state index contributed by atoms with van der Waals surface area (Å²) in [5.41, 5.74) is 3.02. The van der Waals surface area contributed by atoms with Crippen molar-refractivity contribution in [2.75, 3.05) is 11.9 Å². The number of nitro benzene ring substituents is 1. The Labute approximate surface area is 141 Å². The van der Waals surface area contributed by atoms with E-state index in [2.05, 4.69) is 15.8 Å². The van der Waals surface area contributed by atoms with Crippen molar-refractivity contribution < 1.29 is 14.1 Å². The molecule has 0 fully saturated rings. The molecule has 0 aliphatic heterocycles. The van der Waals surface area contributed by atoms with E-state index in [-0.39, 0.29) is 23.1 Å². The number of nitrogens with one attached hydrogen (secondary N) is 2. The van der Waals surface area contributed by atoms with Crippen molar-refractivity contribution >= 4 is 35.1 Å². The van der Waals surface area contributed by atoms with Crippen LogP contribution in [0, 0.1) is 15.9 Å². The fraction of sp³-hybridized carbons (Fsp3) is 0.0667. The van der Waals surface area contributed by atoms with Crippen LogP contribution in [0.2, 0.25) is 5.02 Å². The third-order valence-corrected chi connectivity index (χ3v) is 3.19. The molecular weight excluding hydrogens is 339 g/mol. The van der Waals surface area contributed by atoms with Gasteiger partial charge in [-0.05, 0) is 30.3 Å². The van der Waals surface area contributed by atoms with Crippen molar-refractivity contribution in [2.45, 2.75) is 0 Å². The Morgan fingerprint density at radius 1 is 1.29 bits per heavy atom. The van der Waals surface area contributed by atoms with Crippen LogP contribution in [0.15, 0.2) is 47.6 Å². The lowest BCUT2D eigenvalue weighted by Gasteiger charge is -2.04. The van der Waals surface area contributed by atoms with E-state index in [9.17, 15) is 19.3 Å². The standard InChI is InChI=1S/C15H12ClFN4O3/c16-13-6-1-10(7-14(13)21(23)24)8-19-20-15(22)9-18-12-4-2-11(17)3-5-12/h1-8,18H,9H2,(H,20,22)/b19-8-. The number of hydrogen-bond donors (Lipinski definition) is 2. The number of carbonyl (C=O) groups excluding carboxylic acids is 1. The van der Waals surface area contributed by atoms with Gasteiger partial charge in [0.05, 0.1) is 17.7 Å². The molecule has 0 aliphatic rings. The van der Waals surface area contributed by atoms with E-state index < -0.39 is 10.8 Å². The number of halogens is 2. The summed E-state index contributed by atoms with van der Waals surface area (Å²) >= 11 is 5.70. The minimum absolute atomic E-state index is 0.0182. The first-order valence-electron chi connectivity index (χ1n) is 6.71. The predicted octanol–water partition coefficient (Wildman–Crippen LogP) is 2.95. The Morgan fingerprint density at radius 2 is 2.00 bits per heavy atom. The summed E-state index contributed by atoms with van der Waals surface area (Å²) in [4.78, 5) is 21.8. The van der Waals surface area contributed by atoms with Crippen LogP contribution < -0.4 is 10.7 Å². The molecule has 0 radical (unpaired) electrons. The van der Waals surface area contributed by atoms with Gasteiger partial charge in [-0.15, -0.1) is 0 Å². The SMILES string of the molecule is O=C(CNc1ccc(F)cc1)N/N=C\c1ccc(Cl)c([N+](=O)[O-])c1. The summed E-state index contributed by atoms with van der Waals surface area (Å²) in [6.45, 7) is -0.0657. The van der Waals surface area contributed by atoms with E-state index in [1.54, 1.807) is 0 Å². The Bertz CT molecular complexity index is 781. The van der Waals surface area contributed by atoms with E-state index in [4.69, 9.17) is 11.6 Å². The van der Waals surface area contributed by atoms with Crippen molar-refractivity contribution in [3.05, 3.63) is 69.0 Å². The fourth-order valence-electron chi connectivity index (χ4n) is 1.72. The average molecular weight is 351 g/mol. The molecular formula is C15H12ClFN4O3. The van der Waals surface area contributed by atoms with Crippen molar-refractivity contribution in [1.82, 2.24) is 5.43 Å². The minimum atomic E-state index is -0.606. The van der Waals surface area contributed by atoms with Gasteiger partial charge < -0.3 is 5.32 Å². The Kier molecular flexibility index (Phi) is 5.80. The van der Waals surface area contributed by atoms with Crippen LogP contribution in [0.3, 0.4) is 0 Å². The largest absolute Gasteiger partial charge is 0.376 e. The number of benzene rings is 2. The van der Waals surface area contributed by atoms with Crippen molar-refractivity contribution in [3.63, 3.8) is 0 Å². The maximum Gasteiger partial charge on any atom is 0.288 e. The van der Waals surface area contributed by atoms with Crippen LogP contribution in [-0.2, 0) is 4.79 Å². The van der Waals surface area contributed by atoms with Crippen molar-refractivity contribution in [3.8, 4) is 0 Å². The molecule has 0 bridgehead atoms. The second-order valence-electron chi connectivity index (χ2n) is 4.62. The molecule has 2 rings (SSSR count).